The van der Waals surface area contributed by atoms with E-state index in [0.717, 1.165) is 29.2 Å². The van der Waals surface area contributed by atoms with Crippen LogP contribution in [-0.4, -0.2) is 7.11 Å². The van der Waals surface area contributed by atoms with Gasteiger partial charge in [-0.05, 0) is 23.8 Å². The maximum absolute atomic E-state index is 6.44. The Kier molecular flexibility index (Phi) is 4.44. The Morgan fingerprint density at radius 2 is 1.95 bits per heavy atom. The first-order chi connectivity index (χ1) is 10.3. The van der Waals surface area contributed by atoms with Crippen LogP contribution in [0.5, 0.6) is 5.75 Å². The van der Waals surface area contributed by atoms with E-state index in [1.54, 1.807) is 18.4 Å². The average molecular weight is 318 g/mol. The highest BCUT2D eigenvalue weighted by molar-refractivity contribution is 7.19. The highest BCUT2D eigenvalue weighted by Crippen LogP contribution is 2.34. The minimum atomic E-state index is 0.773. The van der Waals surface area contributed by atoms with E-state index in [9.17, 15) is 0 Å². The van der Waals surface area contributed by atoms with Gasteiger partial charge in [0.15, 0.2) is 0 Å². The zero-order chi connectivity index (χ0) is 14.7. The lowest BCUT2D eigenvalue weighted by atomic mass is 10.2. The van der Waals surface area contributed by atoms with E-state index in [0.29, 0.717) is 0 Å². The van der Waals surface area contributed by atoms with Crippen LogP contribution >= 0.6 is 22.9 Å². The van der Waals surface area contributed by atoms with Crippen LogP contribution in [-0.2, 0) is 13.1 Å². The Morgan fingerprint density at radius 1 is 1.10 bits per heavy atom. The molecule has 0 bridgehead atoms. The summed E-state index contributed by atoms with van der Waals surface area (Å²) in [6.07, 6.45) is 0. The SMILES string of the molecule is COc1cccc(CNCc2sc3ccccc3c2Cl)c1. The highest BCUT2D eigenvalue weighted by atomic mass is 35.5. The van der Waals surface area contributed by atoms with Crippen molar-refractivity contribution in [3.63, 3.8) is 0 Å². The minimum Gasteiger partial charge on any atom is -0.497 e. The van der Waals surface area contributed by atoms with Gasteiger partial charge in [-0.25, -0.2) is 0 Å². The fourth-order valence-corrected chi connectivity index (χ4v) is 3.75. The molecule has 0 saturated carbocycles. The van der Waals surface area contributed by atoms with Gasteiger partial charge in [0.05, 0.1) is 12.1 Å². The van der Waals surface area contributed by atoms with Crippen molar-refractivity contribution in [1.82, 2.24) is 5.32 Å². The number of ether oxygens (including phenoxy) is 1. The number of benzene rings is 2. The van der Waals surface area contributed by atoms with E-state index in [4.69, 9.17) is 16.3 Å². The summed E-state index contributed by atoms with van der Waals surface area (Å²) >= 11 is 8.18. The Hall–Kier alpha value is -1.55. The van der Waals surface area contributed by atoms with Crippen molar-refractivity contribution >= 4 is 33.0 Å². The summed E-state index contributed by atoms with van der Waals surface area (Å²) in [4.78, 5) is 1.18. The Balaban J connectivity index is 1.67. The zero-order valence-electron chi connectivity index (χ0n) is 11.7. The van der Waals surface area contributed by atoms with E-state index in [1.165, 1.54) is 15.1 Å². The fourth-order valence-electron chi connectivity index (χ4n) is 2.28. The lowest BCUT2D eigenvalue weighted by Gasteiger charge is -2.06. The van der Waals surface area contributed by atoms with Crippen molar-refractivity contribution in [3.8, 4) is 5.75 Å². The molecule has 108 valence electrons. The molecule has 0 aliphatic heterocycles. The molecular weight excluding hydrogens is 302 g/mol. The molecule has 21 heavy (non-hydrogen) atoms. The number of thiophene rings is 1. The van der Waals surface area contributed by atoms with Gasteiger partial charge in [-0.2, -0.15) is 0 Å². The van der Waals surface area contributed by atoms with E-state index in [-0.39, 0.29) is 0 Å². The van der Waals surface area contributed by atoms with Crippen LogP contribution < -0.4 is 10.1 Å². The van der Waals surface area contributed by atoms with E-state index >= 15 is 0 Å². The van der Waals surface area contributed by atoms with Crippen LogP contribution in [0.2, 0.25) is 5.02 Å². The Bertz CT molecular complexity index is 753. The second kappa shape index (κ2) is 6.48. The topological polar surface area (TPSA) is 21.3 Å². The van der Waals surface area contributed by atoms with Crippen LogP contribution in [0, 0.1) is 0 Å². The van der Waals surface area contributed by atoms with Gasteiger partial charge in [-0.1, -0.05) is 41.9 Å². The van der Waals surface area contributed by atoms with Gasteiger partial charge in [0, 0.05) is 28.1 Å². The molecule has 0 fully saturated rings. The van der Waals surface area contributed by atoms with Crippen LogP contribution in [0.15, 0.2) is 48.5 Å². The molecule has 0 saturated heterocycles. The minimum absolute atomic E-state index is 0.773. The van der Waals surface area contributed by atoms with Gasteiger partial charge in [-0.3, -0.25) is 0 Å². The van der Waals surface area contributed by atoms with E-state index in [2.05, 4.69) is 23.5 Å². The predicted molar refractivity (Wildman–Crippen MR) is 90.4 cm³/mol. The number of nitrogens with one attached hydrogen (secondary N) is 1. The van der Waals surface area contributed by atoms with Crippen molar-refractivity contribution in [1.29, 1.82) is 0 Å². The molecule has 3 aromatic rings. The molecule has 2 aromatic carbocycles. The van der Waals surface area contributed by atoms with Crippen molar-refractivity contribution in [2.24, 2.45) is 0 Å². The molecule has 3 rings (SSSR count). The molecular formula is C17H16ClNOS. The van der Waals surface area contributed by atoms with Crippen LogP contribution in [0.25, 0.3) is 10.1 Å². The van der Waals surface area contributed by atoms with Gasteiger partial charge >= 0.3 is 0 Å². The van der Waals surface area contributed by atoms with Gasteiger partial charge in [-0.15, -0.1) is 11.3 Å². The average Bonchev–Trinajstić information content (AvgIpc) is 2.84. The van der Waals surface area contributed by atoms with Gasteiger partial charge in [0.1, 0.15) is 5.75 Å². The molecule has 0 radical (unpaired) electrons. The molecule has 0 unspecified atom stereocenters. The Morgan fingerprint density at radius 3 is 2.76 bits per heavy atom. The molecule has 0 amide bonds. The number of fused-ring (bicyclic) bond motifs is 1. The smallest absolute Gasteiger partial charge is 0.119 e. The number of rotatable bonds is 5. The van der Waals surface area contributed by atoms with Crippen molar-refractivity contribution in [2.45, 2.75) is 13.1 Å². The normalized spacial score (nSPS) is 11.0. The summed E-state index contributed by atoms with van der Waals surface area (Å²) in [5, 5.41) is 5.45. The molecule has 0 aliphatic rings. The van der Waals surface area contributed by atoms with Crippen molar-refractivity contribution in [2.75, 3.05) is 7.11 Å². The number of hydrogen-bond acceptors (Lipinski definition) is 3. The second-order valence-corrected chi connectivity index (χ2v) is 6.31. The maximum Gasteiger partial charge on any atom is 0.119 e. The maximum atomic E-state index is 6.44. The third-order valence-corrected chi connectivity index (χ3v) is 5.06. The zero-order valence-corrected chi connectivity index (χ0v) is 13.3. The Labute approximate surface area is 133 Å². The first-order valence-electron chi connectivity index (χ1n) is 6.77. The molecule has 4 heteroatoms. The summed E-state index contributed by atoms with van der Waals surface area (Å²) in [5.74, 6) is 0.884. The summed E-state index contributed by atoms with van der Waals surface area (Å²) in [6.45, 7) is 1.57. The summed E-state index contributed by atoms with van der Waals surface area (Å²) in [5.41, 5.74) is 1.20. The summed E-state index contributed by atoms with van der Waals surface area (Å²) < 4.78 is 6.47. The van der Waals surface area contributed by atoms with Crippen LogP contribution in [0.1, 0.15) is 10.4 Å². The third kappa shape index (κ3) is 3.21. The standard InChI is InChI=1S/C17H16ClNOS/c1-20-13-6-4-5-12(9-13)10-19-11-16-17(18)14-7-2-3-8-15(14)21-16/h2-9,19H,10-11H2,1H3. The van der Waals surface area contributed by atoms with Crippen LogP contribution in [0.4, 0.5) is 0 Å². The van der Waals surface area contributed by atoms with Gasteiger partial charge in [0.2, 0.25) is 0 Å². The molecule has 1 aromatic heterocycles. The largest absolute Gasteiger partial charge is 0.497 e. The van der Waals surface area contributed by atoms with Gasteiger partial charge in [0.25, 0.3) is 0 Å². The predicted octanol–water partition coefficient (Wildman–Crippen LogP) is 4.85. The fraction of sp³-hybridized carbons (Fsp3) is 0.176. The molecule has 1 N–H and O–H groups in total. The lowest BCUT2D eigenvalue weighted by Crippen LogP contribution is -2.11. The van der Waals surface area contributed by atoms with E-state index < -0.39 is 0 Å². The molecule has 0 atom stereocenters. The molecule has 0 aliphatic carbocycles. The van der Waals surface area contributed by atoms with Crippen LogP contribution in [0.3, 0.4) is 0 Å². The second-order valence-electron chi connectivity index (χ2n) is 4.79. The molecule has 0 spiro atoms. The quantitative estimate of drug-likeness (QED) is 0.726. The number of hydrogen-bond donors (Lipinski definition) is 1. The molecule has 1 heterocycles. The van der Waals surface area contributed by atoms with Crippen molar-refractivity contribution in [3.05, 3.63) is 64.0 Å². The first-order valence-corrected chi connectivity index (χ1v) is 7.97. The highest BCUT2D eigenvalue weighted by Gasteiger charge is 2.09. The number of halogens is 1. The number of methoxy groups -OCH3 is 1. The third-order valence-electron chi connectivity index (χ3n) is 3.35. The lowest BCUT2D eigenvalue weighted by molar-refractivity contribution is 0.414. The van der Waals surface area contributed by atoms with E-state index in [1.807, 2.05) is 30.3 Å². The summed E-state index contributed by atoms with van der Waals surface area (Å²) in [6, 6.07) is 16.3. The first kappa shape index (κ1) is 14.4. The summed E-state index contributed by atoms with van der Waals surface area (Å²) in [7, 11) is 1.68. The monoisotopic (exact) mass is 317 g/mol. The molecule has 2 nitrogen and oxygen atoms in total. The van der Waals surface area contributed by atoms with Crippen molar-refractivity contribution < 1.29 is 4.74 Å². The van der Waals surface area contributed by atoms with Gasteiger partial charge < -0.3 is 10.1 Å².